The molecule has 1 aliphatic rings. The van der Waals surface area contributed by atoms with Crippen LogP contribution in [0.4, 0.5) is 5.69 Å². The molecule has 0 aliphatic carbocycles. The number of carbonyl (C=O) groups excluding carboxylic acids is 1. The number of carbonyl (C=O) groups is 1. The van der Waals surface area contributed by atoms with E-state index < -0.39 is 0 Å². The highest BCUT2D eigenvalue weighted by atomic mass is 32.2. The van der Waals surface area contributed by atoms with Gasteiger partial charge in [0.1, 0.15) is 11.5 Å². The van der Waals surface area contributed by atoms with Gasteiger partial charge in [0.2, 0.25) is 0 Å². The van der Waals surface area contributed by atoms with Crippen LogP contribution in [-0.4, -0.2) is 56.9 Å². The lowest BCUT2D eigenvalue weighted by molar-refractivity contribution is 0.0920. The van der Waals surface area contributed by atoms with Crippen LogP contribution in [0, 0.1) is 0 Å². The van der Waals surface area contributed by atoms with Gasteiger partial charge in [-0.15, -0.1) is 11.8 Å². The summed E-state index contributed by atoms with van der Waals surface area (Å²) in [5, 5.41) is 3.13. The standard InChI is InChI=1S/C25H29N3O3S/c1-30-20-11-9-19(10-12-20)27-13-15-28(16-14-27)22(23-7-5-17-31-23)18-26-25(29)21-6-3-4-8-24(21)32-2/h3-12,17,22H,13-16,18H2,1-2H3,(H,26,29). The molecule has 2 aromatic carbocycles. The number of methoxy groups -OCH3 is 1. The Morgan fingerprint density at radius 2 is 1.81 bits per heavy atom. The van der Waals surface area contributed by atoms with E-state index >= 15 is 0 Å². The summed E-state index contributed by atoms with van der Waals surface area (Å²) >= 11 is 1.58. The van der Waals surface area contributed by atoms with Crippen molar-refractivity contribution in [1.29, 1.82) is 0 Å². The summed E-state index contributed by atoms with van der Waals surface area (Å²) in [6.45, 7) is 4.08. The molecule has 3 aromatic rings. The van der Waals surface area contributed by atoms with E-state index in [1.165, 1.54) is 5.69 Å². The third-order valence-corrected chi connectivity index (χ3v) is 6.67. The first-order valence-electron chi connectivity index (χ1n) is 10.8. The van der Waals surface area contributed by atoms with Crippen LogP contribution in [0.1, 0.15) is 22.2 Å². The molecule has 1 saturated heterocycles. The minimum atomic E-state index is -0.0524. The highest BCUT2D eigenvalue weighted by molar-refractivity contribution is 7.98. The van der Waals surface area contributed by atoms with Crippen molar-refractivity contribution in [2.75, 3.05) is 51.0 Å². The molecule has 0 radical (unpaired) electrons. The molecule has 1 N–H and O–H groups in total. The second-order valence-electron chi connectivity index (χ2n) is 7.66. The lowest BCUT2D eigenvalue weighted by Gasteiger charge is -2.39. The number of thioether (sulfide) groups is 1. The maximum atomic E-state index is 12.9. The van der Waals surface area contributed by atoms with Crippen LogP contribution in [0.15, 0.2) is 76.2 Å². The summed E-state index contributed by atoms with van der Waals surface area (Å²) < 4.78 is 11.0. The molecule has 7 heteroatoms. The van der Waals surface area contributed by atoms with Crippen molar-refractivity contribution in [3.63, 3.8) is 0 Å². The number of amides is 1. The Kier molecular flexibility index (Phi) is 7.39. The fourth-order valence-corrected chi connectivity index (χ4v) is 4.69. The summed E-state index contributed by atoms with van der Waals surface area (Å²) in [4.78, 5) is 18.6. The Balaban J connectivity index is 1.41. The molecule has 0 spiro atoms. The van der Waals surface area contributed by atoms with Gasteiger partial charge in [0, 0.05) is 43.3 Å². The van der Waals surface area contributed by atoms with Gasteiger partial charge in [0.25, 0.3) is 5.91 Å². The first kappa shape index (κ1) is 22.3. The van der Waals surface area contributed by atoms with Crippen LogP contribution >= 0.6 is 11.8 Å². The third-order valence-electron chi connectivity index (χ3n) is 5.87. The number of benzene rings is 2. The fourth-order valence-electron chi connectivity index (χ4n) is 4.09. The molecule has 1 fully saturated rings. The number of furan rings is 1. The number of nitrogens with one attached hydrogen (secondary N) is 1. The summed E-state index contributed by atoms with van der Waals surface area (Å²) in [5.41, 5.74) is 1.91. The van der Waals surface area contributed by atoms with Crippen molar-refractivity contribution in [3.8, 4) is 5.75 Å². The van der Waals surface area contributed by atoms with Crippen LogP contribution < -0.4 is 15.0 Å². The van der Waals surface area contributed by atoms with Crippen LogP contribution in [-0.2, 0) is 0 Å². The van der Waals surface area contributed by atoms with Gasteiger partial charge >= 0.3 is 0 Å². The first-order chi connectivity index (χ1) is 15.7. The Morgan fingerprint density at radius 3 is 2.47 bits per heavy atom. The van der Waals surface area contributed by atoms with E-state index in [2.05, 4.69) is 27.2 Å². The molecule has 6 nitrogen and oxygen atoms in total. The van der Waals surface area contributed by atoms with Crippen molar-refractivity contribution in [2.24, 2.45) is 0 Å². The summed E-state index contributed by atoms with van der Waals surface area (Å²) in [5.74, 6) is 1.69. The number of hydrogen-bond donors (Lipinski definition) is 1. The van der Waals surface area contributed by atoms with E-state index in [4.69, 9.17) is 9.15 Å². The third kappa shape index (κ3) is 5.11. The Morgan fingerprint density at radius 1 is 1.06 bits per heavy atom. The SMILES string of the molecule is COc1ccc(N2CCN(C(CNC(=O)c3ccccc3SC)c3ccco3)CC2)cc1. The molecule has 1 unspecified atom stereocenters. The summed E-state index contributed by atoms with van der Waals surface area (Å²) in [7, 11) is 1.68. The highest BCUT2D eigenvalue weighted by Crippen LogP contribution is 2.26. The van der Waals surface area contributed by atoms with Crippen molar-refractivity contribution >= 4 is 23.4 Å². The van der Waals surface area contributed by atoms with Gasteiger partial charge in [-0.3, -0.25) is 9.69 Å². The molecule has 1 aromatic heterocycles. The van der Waals surface area contributed by atoms with E-state index in [-0.39, 0.29) is 11.9 Å². The summed E-state index contributed by atoms with van der Waals surface area (Å²) in [6.07, 6.45) is 3.68. The van der Waals surface area contributed by atoms with Gasteiger partial charge in [-0.25, -0.2) is 0 Å². The first-order valence-corrected chi connectivity index (χ1v) is 12.0. The summed E-state index contributed by atoms with van der Waals surface area (Å²) in [6, 6.07) is 19.8. The van der Waals surface area contributed by atoms with Gasteiger partial charge in [-0.05, 0) is 54.8 Å². The van der Waals surface area contributed by atoms with Crippen LogP contribution in [0.5, 0.6) is 5.75 Å². The van der Waals surface area contributed by atoms with Gasteiger partial charge < -0.3 is 19.4 Å². The topological polar surface area (TPSA) is 58.0 Å². The van der Waals surface area contributed by atoms with Gasteiger partial charge in [-0.2, -0.15) is 0 Å². The molecule has 32 heavy (non-hydrogen) atoms. The van der Waals surface area contributed by atoms with Gasteiger partial charge in [0.15, 0.2) is 0 Å². The maximum absolute atomic E-state index is 12.9. The van der Waals surface area contributed by atoms with E-state index in [1.54, 1.807) is 25.1 Å². The monoisotopic (exact) mass is 451 g/mol. The molecular weight excluding hydrogens is 422 g/mol. The minimum Gasteiger partial charge on any atom is -0.497 e. The predicted octanol–water partition coefficient (Wildman–Crippen LogP) is 4.30. The Bertz CT molecular complexity index is 1000. The fraction of sp³-hybridized carbons (Fsp3) is 0.320. The van der Waals surface area contributed by atoms with Crippen molar-refractivity contribution < 1.29 is 13.9 Å². The minimum absolute atomic E-state index is 0.00610. The predicted molar refractivity (Wildman–Crippen MR) is 129 cm³/mol. The molecule has 4 rings (SSSR count). The van der Waals surface area contributed by atoms with Crippen molar-refractivity contribution in [3.05, 3.63) is 78.3 Å². The number of piperazine rings is 1. The van der Waals surface area contributed by atoms with Gasteiger partial charge in [-0.1, -0.05) is 12.1 Å². The Hall–Kier alpha value is -2.90. The van der Waals surface area contributed by atoms with E-state index in [0.717, 1.165) is 42.6 Å². The number of nitrogens with zero attached hydrogens (tertiary/aromatic N) is 2. The maximum Gasteiger partial charge on any atom is 0.252 e. The van der Waals surface area contributed by atoms with Gasteiger partial charge in [0.05, 0.1) is 25.0 Å². The second kappa shape index (κ2) is 10.6. The lowest BCUT2D eigenvalue weighted by atomic mass is 10.1. The van der Waals surface area contributed by atoms with Crippen molar-refractivity contribution in [1.82, 2.24) is 10.2 Å². The molecule has 2 heterocycles. The molecule has 0 saturated carbocycles. The van der Waals surface area contributed by atoms with Crippen LogP contribution in [0.25, 0.3) is 0 Å². The lowest BCUT2D eigenvalue weighted by Crippen LogP contribution is -2.49. The highest BCUT2D eigenvalue weighted by Gasteiger charge is 2.27. The molecule has 1 aliphatic heterocycles. The number of rotatable bonds is 8. The average molecular weight is 452 g/mol. The number of ether oxygens (including phenoxy) is 1. The van der Waals surface area contributed by atoms with Crippen LogP contribution in [0.2, 0.25) is 0 Å². The molecular formula is C25H29N3O3S. The van der Waals surface area contributed by atoms with E-state index in [0.29, 0.717) is 12.1 Å². The molecule has 1 atom stereocenters. The smallest absolute Gasteiger partial charge is 0.252 e. The van der Waals surface area contributed by atoms with Crippen molar-refractivity contribution in [2.45, 2.75) is 10.9 Å². The normalized spacial score (nSPS) is 15.4. The van der Waals surface area contributed by atoms with Crippen LogP contribution in [0.3, 0.4) is 0 Å². The Labute approximate surface area is 193 Å². The zero-order valence-electron chi connectivity index (χ0n) is 18.5. The van der Waals surface area contributed by atoms with E-state index in [1.807, 2.05) is 54.8 Å². The number of anilines is 1. The zero-order valence-corrected chi connectivity index (χ0v) is 19.3. The van der Waals surface area contributed by atoms with E-state index in [9.17, 15) is 4.79 Å². The molecule has 0 bridgehead atoms. The average Bonchev–Trinajstić information content (AvgIpc) is 3.39. The number of hydrogen-bond acceptors (Lipinski definition) is 6. The second-order valence-corrected chi connectivity index (χ2v) is 8.51. The largest absolute Gasteiger partial charge is 0.497 e. The molecule has 1 amide bonds. The quantitative estimate of drug-likeness (QED) is 0.515. The molecule has 168 valence electrons. The zero-order chi connectivity index (χ0) is 22.3.